The lowest BCUT2D eigenvalue weighted by atomic mass is 9.87. The first-order valence-corrected chi connectivity index (χ1v) is 6.84. The van der Waals surface area contributed by atoms with E-state index in [1.54, 1.807) is 0 Å². The fourth-order valence-electron chi connectivity index (χ4n) is 1.91. The van der Waals surface area contributed by atoms with Crippen LogP contribution in [-0.4, -0.2) is 17.4 Å². The lowest BCUT2D eigenvalue weighted by molar-refractivity contribution is 0.0933. The Kier molecular flexibility index (Phi) is 5.93. The van der Waals surface area contributed by atoms with Gasteiger partial charge in [0.1, 0.15) is 0 Å². The zero-order valence-corrected chi connectivity index (χ0v) is 12.0. The Morgan fingerprint density at radius 3 is 2.79 bits per heavy atom. The molecule has 1 heterocycles. The Hall–Kier alpha value is -1.45. The molecule has 1 rings (SSSR count). The van der Waals surface area contributed by atoms with Crippen LogP contribution < -0.4 is 5.32 Å². The number of rotatable bonds is 7. The molecule has 0 spiro atoms. The molecule has 1 aromatic heterocycles. The minimum atomic E-state index is -0.630. The molecule has 0 aliphatic carbocycles. The van der Waals surface area contributed by atoms with Gasteiger partial charge in [-0.1, -0.05) is 40.0 Å². The van der Waals surface area contributed by atoms with Crippen LogP contribution in [0.1, 0.15) is 56.8 Å². The van der Waals surface area contributed by atoms with Crippen LogP contribution in [0.2, 0.25) is 0 Å². The van der Waals surface area contributed by atoms with Crippen molar-refractivity contribution in [2.75, 3.05) is 6.54 Å². The quantitative estimate of drug-likeness (QED) is 0.605. The van der Waals surface area contributed by atoms with Crippen molar-refractivity contribution in [3.63, 3.8) is 0 Å². The van der Waals surface area contributed by atoms with Crippen molar-refractivity contribution in [2.24, 2.45) is 5.41 Å². The summed E-state index contributed by atoms with van der Waals surface area (Å²) in [6.07, 6.45) is 5.96. The van der Waals surface area contributed by atoms with Gasteiger partial charge in [-0.2, -0.15) is 4.39 Å². The highest BCUT2D eigenvalue weighted by Gasteiger charge is 2.18. The Labute approximate surface area is 114 Å². The number of nitrogens with one attached hydrogen (secondary N) is 1. The van der Waals surface area contributed by atoms with Crippen molar-refractivity contribution in [1.29, 1.82) is 0 Å². The second-order valence-electron chi connectivity index (χ2n) is 5.67. The SMILES string of the molecule is CCCCCC(C)(C)CNC(=O)c1ccnc(F)c1. The van der Waals surface area contributed by atoms with Crippen LogP contribution in [0.5, 0.6) is 0 Å². The van der Waals surface area contributed by atoms with Gasteiger partial charge in [0.25, 0.3) is 5.91 Å². The van der Waals surface area contributed by atoms with Crippen molar-refractivity contribution >= 4 is 5.91 Å². The highest BCUT2D eigenvalue weighted by Crippen LogP contribution is 2.22. The van der Waals surface area contributed by atoms with Gasteiger partial charge in [0, 0.05) is 24.4 Å². The number of amides is 1. The first kappa shape index (κ1) is 15.6. The van der Waals surface area contributed by atoms with E-state index in [0.717, 1.165) is 12.5 Å². The molecule has 106 valence electrons. The van der Waals surface area contributed by atoms with Gasteiger partial charge >= 0.3 is 0 Å². The van der Waals surface area contributed by atoms with Crippen LogP contribution >= 0.6 is 0 Å². The van der Waals surface area contributed by atoms with Crippen molar-refractivity contribution in [3.8, 4) is 0 Å². The Balaban J connectivity index is 2.45. The molecule has 4 heteroatoms. The van der Waals surface area contributed by atoms with Gasteiger partial charge in [-0.3, -0.25) is 4.79 Å². The molecule has 0 fully saturated rings. The number of pyridine rings is 1. The molecule has 0 unspecified atom stereocenters. The summed E-state index contributed by atoms with van der Waals surface area (Å²) in [6, 6.07) is 2.67. The Morgan fingerprint density at radius 2 is 2.16 bits per heavy atom. The Bertz CT molecular complexity index is 418. The number of hydrogen-bond acceptors (Lipinski definition) is 2. The van der Waals surface area contributed by atoms with Gasteiger partial charge in [-0.15, -0.1) is 0 Å². The molecule has 0 bridgehead atoms. The molecule has 3 nitrogen and oxygen atoms in total. The first-order chi connectivity index (χ1) is 8.94. The van der Waals surface area contributed by atoms with E-state index in [4.69, 9.17) is 0 Å². The summed E-state index contributed by atoms with van der Waals surface area (Å²) in [5.41, 5.74) is 0.382. The normalized spacial score (nSPS) is 11.4. The summed E-state index contributed by atoms with van der Waals surface area (Å²) in [4.78, 5) is 15.3. The smallest absolute Gasteiger partial charge is 0.251 e. The van der Waals surface area contributed by atoms with Gasteiger partial charge in [-0.05, 0) is 17.9 Å². The molecule has 0 aliphatic rings. The predicted molar refractivity (Wildman–Crippen MR) is 74.5 cm³/mol. The van der Waals surface area contributed by atoms with Crippen molar-refractivity contribution in [2.45, 2.75) is 46.5 Å². The van der Waals surface area contributed by atoms with Gasteiger partial charge in [-0.25, -0.2) is 4.98 Å². The van der Waals surface area contributed by atoms with Crippen LogP contribution in [0, 0.1) is 11.4 Å². The molecule has 1 amide bonds. The number of unbranched alkanes of at least 4 members (excludes halogenated alkanes) is 2. The third-order valence-corrected chi connectivity index (χ3v) is 3.17. The fraction of sp³-hybridized carbons (Fsp3) is 0.600. The van der Waals surface area contributed by atoms with E-state index in [0.29, 0.717) is 12.1 Å². The lowest BCUT2D eigenvalue weighted by Gasteiger charge is -2.25. The van der Waals surface area contributed by atoms with Crippen LogP contribution in [0.4, 0.5) is 4.39 Å². The van der Waals surface area contributed by atoms with E-state index < -0.39 is 5.95 Å². The summed E-state index contributed by atoms with van der Waals surface area (Å²) in [5.74, 6) is -0.875. The molecule has 0 atom stereocenters. The van der Waals surface area contributed by atoms with E-state index in [-0.39, 0.29) is 11.3 Å². The third-order valence-electron chi connectivity index (χ3n) is 3.17. The minimum Gasteiger partial charge on any atom is -0.351 e. The van der Waals surface area contributed by atoms with Gasteiger partial charge in [0.2, 0.25) is 5.95 Å². The maximum absolute atomic E-state index is 12.9. The van der Waals surface area contributed by atoms with Crippen LogP contribution in [-0.2, 0) is 0 Å². The Morgan fingerprint density at radius 1 is 1.42 bits per heavy atom. The molecule has 1 aromatic rings. The van der Waals surface area contributed by atoms with Crippen LogP contribution in [0.3, 0.4) is 0 Å². The monoisotopic (exact) mass is 266 g/mol. The molecule has 0 radical (unpaired) electrons. The highest BCUT2D eigenvalue weighted by atomic mass is 19.1. The average Bonchev–Trinajstić information content (AvgIpc) is 2.36. The van der Waals surface area contributed by atoms with E-state index in [2.05, 4.69) is 31.1 Å². The van der Waals surface area contributed by atoms with Gasteiger partial charge < -0.3 is 5.32 Å². The summed E-state index contributed by atoms with van der Waals surface area (Å²) in [7, 11) is 0. The number of hydrogen-bond donors (Lipinski definition) is 1. The number of aromatic nitrogens is 1. The zero-order chi connectivity index (χ0) is 14.3. The summed E-state index contributed by atoms with van der Waals surface area (Å²) < 4.78 is 12.9. The van der Waals surface area contributed by atoms with E-state index in [9.17, 15) is 9.18 Å². The average molecular weight is 266 g/mol. The first-order valence-electron chi connectivity index (χ1n) is 6.84. The second kappa shape index (κ2) is 7.22. The number of halogens is 1. The zero-order valence-electron chi connectivity index (χ0n) is 12.0. The summed E-state index contributed by atoms with van der Waals surface area (Å²) in [6.45, 7) is 7.04. The predicted octanol–water partition coefficient (Wildman–Crippen LogP) is 3.56. The topological polar surface area (TPSA) is 42.0 Å². The molecular formula is C15H23FN2O. The van der Waals surface area contributed by atoms with Gasteiger partial charge in [0.05, 0.1) is 0 Å². The molecule has 19 heavy (non-hydrogen) atoms. The minimum absolute atomic E-state index is 0.0659. The molecule has 0 aromatic carbocycles. The summed E-state index contributed by atoms with van der Waals surface area (Å²) in [5, 5.41) is 2.86. The van der Waals surface area contributed by atoms with Crippen molar-refractivity contribution < 1.29 is 9.18 Å². The van der Waals surface area contributed by atoms with Crippen molar-refractivity contribution in [3.05, 3.63) is 29.8 Å². The maximum atomic E-state index is 12.9. The molecule has 0 saturated heterocycles. The van der Waals surface area contributed by atoms with E-state index in [1.807, 2.05) is 0 Å². The number of nitrogens with zero attached hydrogens (tertiary/aromatic N) is 1. The fourth-order valence-corrected chi connectivity index (χ4v) is 1.91. The highest BCUT2D eigenvalue weighted by molar-refractivity contribution is 5.94. The van der Waals surface area contributed by atoms with E-state index >= 15 is 0 Å². The van der Waals surface area contributed by atoms with E-state index in [1.165, 1.54) is 31.5 Å². The lowest BCUT2D eigenvalue weighted by Crippen LogP contribution is -2.34. The molecule has 0 saturated carbocycles. The number of carbonyl (C=O) groups is 1. The molecule has 0 aliphatic heterocycles. The number of carbonyl (C=O) groups excluding carboxylic acids is 1. The van der Waals surface area contributed by atoms with Crippen molar-refractivity contribution in [1.82, 2.24) is 10.3 Å². The molecular weight excluding hydrogens is 243 g/mol. The third kappa shape index (κ3) is 5.81. The molecule has 1 N–H and O–H groups in total. The van der Waals surface area contributed by atoms with Gasteiger partial charge in [0.15, 0.2) is 0 Å². The van der Waals surface area contributed by atoms with Crippen LogP contribution in [0.25, 0.3) is 0 Å². The van der Waals surface area contributed by atoms with Crippen LogP contribution in [0.15, 0.2) is 18.3 Å². The second-order valence-corrected chi connectivity index (χ2v) is 5.67. The largest absolute Gasteiger partial charge is 0.351 e. The standard InChI is InChI=1S/C15H23FN2O/c1-4-5-6-8-15(2,3)11-18-14(19)12-7-9-17-13(16)10-12/h7,9-10H,4-6,8,11H2,1-3H3,(H,18,19). The summed E-state index contributed by atoms with van der Waals surface area (Å²) >= 11 is 0. The maximum Gasteiger partial charge on any atom is 0.251 e.